The fourth-order valence-corrected chi connectivity index (χ4v) is 1.90. The first-order chi connectivity index (χ1) is 9.00. The van der Waals surface area contributed by atoms with Crippen LogP contribution >= 0.6 is 0 Å². The Bertz CT molecular complexity index is 586. The van der Waals surface area contributed by atoms with Crippen LogP contribution in [-0.4, -0.2) is 23.7 Å². The first-order valence-corrected chi connectivity index (χ1v) is 6.45. The van der Waals surface area contributed by atoms with Gasteiger partial charge >= 0.3 is 0 Å². The van der Waals surface area contributed by atoms with Crippen molar-refractivity contribution in [2.75, 3.05) is 6.54 Å². The van der Waals surface area contributed by atoms with Gasteiger partial charge in [-0.3, -0.25) is 4.79 Å². The molecule has 19 heavy (non-hydrogen) atoms. The second kappa shape index (κ2) is 5.45. The van der Waals surface area contributed by atoms with Crippen LogP contribution in [0.15, 0.2) is 28.7 Å². The maximum absolute atomic E-state index is 12.0. The van der Waals surface area contributed by atoms with Crippen molar-refractivity contribution >= 4 is 16.9 Å². The fourth-order valence-electron chi connectivity index (χ4n) is 1.90. The fraction of sp³-hybridized carbons (Fsp3) is 0.400. The van der Waals surface area contributed by atoms with E-state index in [2.05, 4.69) is 5.32 Å². The van der Waals surface area contributed by atoms with E-state index in [-0.39, 0.29) is 18.4 Å². The van der Waals surface area contributed by atoms with Gasteiger partial charge in [0.1, 0.15) is 5.58 Å². The zero-order valence-corrected chi connectivity index (χ0v) is 11.4. The minimum atomic E-state index is -0.548. The number of aryl methyl sites for hydroxylation is 1. The summed E-state index contributed by atoms with van der Waals surface area (Å²) in [6.45, 7) is 5.90. The van der Waals surface area contributed by atoms with E-state index in [0.29, 0.717) is 11.3 Å². The Labute approximate surface area is 112 Å². The summed E-state index contributed by atoms with van der Waals surface area (Å²) in [7, 11) is 0. The van der Waals surface area contributed by atoms with Gasteiger partial charge in [0.15, 0.2) is 5.76 Å². The molecule has 4 heteroatoms. The summed E-state index contributed by atoms with van der Waals surface area (Å²) in [6.07, 6.45) is -0.548. The number of carbonyl (C=O) groups is 1. The molecule has 1 aromatic heterocycles. The average Bonchev–Trinajstić information content (AvgIpc) is 2.73. The van der Waals surface area contributed by atoms with E-state index in [1.165, 1.54) is 0 Å². The van der Waals surface area contributed by atoms with Crippen LogP contribution in [0.25, 0.3) is 11.0 Å². The molecule has 1 aromatic carbocycles. The highest BCUT2D eigenvalue weighted by Gasteiger charge is 2.18. The second-order valence-electron chi connectivity index (χ2n) is 5.07. The number of amides is 1. The van der Waals surface area contributed by atoms with Crippen molar-refractivity contribution < 1.29 is 14.3 Å². The summed E-state index contributed by atoms with van der Waals surface area (Å²) < 4.78 is 5.56. The van der Waals surface area contributed by atoms with Gasteiger partial charge in [-0.05, 0) is 18.9 Å². The molecule has 4 nitrogen and oxygen atoms in total. The molecule has 2 N–H and O–H groups in total. The van der Waals surface area contributed by atoms with Crippen LogP contribution in [0.4, 0.5) is 0 Å². The summed E-state index contributed by atoms with van der Waals surface area (Å²) in [5, 5.41) is 13.3. The maximum Gasteiger partial charge on any atom is 0.287 e. The minimum Gasteiger partial charge on any atom is -0.451 e. The van der Waals surface area contributed by atoms with Gasteiger partial charge in [0.2, 0.25) is 0 Å². The van der Waals surface area contributed by atoms with Crippen LogP contribution < -0.4 is 5.32 Å². The zero-order chi connectivity index (χ0) is 14.0. The number of hydrogen-bond acceptors (Lipinski definition) is 3. The summed E-state index contributed by atoms with van der Waals surface area (Å²) in [4.78, 5) is 12.0. The lowest BCUT2D eigenvalue weighted by Gasteiger charge is -2.14. The Morgan fingerprint density at radius 1 is 1.37 bits per heavy atom. The smallest absolute Gasteiger partial charge is 0.287 e. The predicted octanol–water partition coefficient (Wildman–Crippen LogP) is 2.49. The molecule has 0 bridgehead atoms. The predicted molar refractivity (Wildman–Crippen MR) is 74.1 cm³/mol. The molecule has 0 fully saturated rings. The van der Waals surface area contributed by atoms with E-state index >= 15 is 0 Å². The summed E-state index contributed by atoms with van der Waals surface area (Å²) >= 11 is 0. The Balaban J connectivity index is 2.16. The average molecular weight is 261 g/mol. The van der Waals surface area contributed by atoms with Crippen LogP contribution in [0, 0.1) is 12.8 Å². The molecule has 0 saturated carbocycles. The molecule has 1 amide bonds. The monoisotopic (exact) mass is 261 g/mol. The Morgan fingerprint density at radius 2 is 2.05 bits per heavy atom. The molecule has 1 heterocycles. The zero-order valence-electron chi connectivity index (χ0n) is 11.4. The van der Waals surface area contributed by atoms with Crippen molar-refractivity contribution in [3.8, 4) is 0 Å². The number of para-hydroxylation sites is 1. The lowest BCUT2D eigenvalue weighted by Crippen LogP contribution is -2.34. The molecule has 2 aromatic rings. The number of benzene rings is 1. The number of rotatable bonds is 4. The number of fused-ring (bicyclic) bond motifs is 1. The third-order valence-corrected chi connectivity index (χ3v) is 3.29. The largest absolute Gasteiger partial charge is 0.451 e. The van der Waals surface area contributed by atoms with Crippen LogP contribution in [0.5, 0.6) is 0 Å². The molecule has 0 aliphatic rings. The van der Waals surface area contributed by atoms with Gasteiger partial charge in [0.25, 0.3) is 5.91 Å². The molecule has 0 aliphatic carbocycles. The van der Waals surface area contributed by atoms with E-state index in [1.807, 2.05) is 45.0 Å². The van der Waals surface area contributed by atoms with E-state index in [1.54, 1.807) is 0 Å². The van der Waals surface area contributed by atoms with Gasteiger partial charge in [-0.1, -0.05) is 32.0 Å². The van der Waals surface area contributed by atoms with Gasteiger partial charge in [0, 0.05) is 17.5 Å². The lowest BCUT2D eigenvalue weighted by molar-refractivity contribution is 0.0848. The molecule has 2 rings (SSSR count). The number of carbonyl (C=O) groups excluding carboxylic acids is 1. The van der Waals surface area contributed by atoms with Crippen LogP contribution in [0.2, 0.25) is 0 Å². The molecular weight excluding hydrogens is 242 g/mol. The highest BCUT2D eigenvalue weighted by Crippen LogP contribution is 2.24. The second-order valence-corrected chi connectivity index (χ2v) is 5.07. The summed E-state index contributed by atoms with van der Waals surface area (Å²) in [6, 6.07) is 7.54. The first-order valence-electron chi connectivity index (χ1n) is 6.45. The van der Waals surface area contributed by atoms with Gasteiger partial charge < -0.3 is 14.8 Å². The summed E-state index contributed by atoms with van der Waals surface area (Å²) in [5.74, 6) is 0.141. The number of aliphatic hydroxyl groups excluding tert-OH is 1. The van der Waals surface area contributed by atoms with Crippen molar-refractivity contribution in [2.45, 2.75) is 26.9 Å². The molecule has 1 unspecified atom stereocenters. The Hall–Kier alpha value is -1.81. The van der Waals surface area contributed by atoms with Crippen molar-refractivity contribution in [2.24, 2.45) is 5.92 Å². The third-order valence-electron chi connectivity index (χ3n) is 3.29. The molecule has 0 spiro atoms. The number of aliphatic hydroxyl groups is 1. The number of nitrogens with one attached hydrogen (secondary N) is 1. The Morgan fingerprint density at radius 3 is 2.68 bits per heavy atom. The number of furan rings is 1. The van der Waals surface area contributed by atoms with Crippen LogP contribution in [-0.2, 0) is 0 Å². The molecule has 102 valence electrons. The van der Waals surface area contributed by atoms with E-state index in [9.17, 15) is 9.90 Å². The van der Waals surface area contributed by atoms with E-state index in [0.717, 1.165) is 10.9 Å². The SMILES string of the molecule is Cc1c(C(=O)NCC(O)C(C)C)oc2ccccc12. The van der Waals surface area contributed by atoms with Crippen LogP contribution in [0.1, 0.15) is 30.0 Å². The summed E-state index contributed by atoms with van der Waals surface area (Å²) in [5.41, 5.74) is 1.53. The van der Waals surface area contributed by atoms with E-state index < -0.39 is 6.10 Å². The highest BCUT2D eigenvalue weighted by atomic mass is 16.3. The minimum absolute atomic E-state index is 0.108. The van der Waals surface area contributed by atoms with Gasteiger partial charge in [-0.2, -0.15) is 0 Å². The van der Waals surface area contributed by atoms with Crippen molar-refractivity contribution in [3.63, 3.8) is 0 Å². The van der Waals surface area contributed by atoms with Crippen molar-refractivity contribution in [1.82, 2.24) is 5.32 Å². The molecular formula is C15H19NO3. The third kappa shape index (κ3) is 2.79. The standard InChI is InChI=1S/C15H19NO3/c1-9(2)12(17)8-16-15(18)14-10(3)11-6-4-5-7-13(11)19-14/h4-7,9,12,17H,8H2,1-3H3,(H,16,18). The molecule has 0 aliphatic heterocycles. The molecule has 1 atom stereocenters. The highest BCUT2D eigenvalue weighted by molar-refractivity contribution is 5.98. The molecule has 0 saturated heterocycles. The quantitative estimate of drug-likeness (QED) is 0.888. The van der Waals surface area contributed by atoms with Crippen molar-refractivity contribution in [1.29, 1.82) is 0 Å². The number of hydrogen-bond donors (Lipinski definition) is 2. The van der Waals surface area contributed by atoms with Gasteiger partial charge in [0.05, 0.1) is 6.10 Å². The first kappa shape index (κ1) is 13.6. The maximum atomic E-state index is 12.0. The van der Waals surface area contributed by atoms with Gasteiger partial charge in [-0.15, -0.1) is 0 Å². The normalized spacial score (nSPS) is 12.9. The Kier molecular flexibility index (Phi) is 3.90. The van der Waals surface area contributed by atoms with Crippen LogP contribution in [0.3, 0.4) is 0 Å². The van der Waals surface area contributed by atoms with Crippen molar-refractivity contribution in [3.05, 3.63) is 35.6 Å². The topological polar surface area (TPSA) is 62.5 Å². The lowest BCUT2D eigenvalue weighted by atomic mass is 10.1. The van der Waals surface area contributed by atoms with Gasteiger partial charge in [-0.25, -0.2) is 0 Å². The molecule has 0 radical (unpaired) electrons. The van der Waals surface area contributed by atoms with E-state index in [4.69, 9.17) is 4.42 Å².